The van der Waals surface area contributed by atoms with Gasteiger partial charge in [0.1, 0.15) is 0 Å². The van der Waals surface area contributed by atoms with Crippen LogP contribution < -0.4 is 0 Å². The molecule has 0 aliphatic carbocycles. The zero-order chi connectivity index (χ0) is 17.1. The summed E-state index contributed by atoms with van der Waals surface area (Å²) in [6.45, 7) is 2.88. The van der Waals surface area contributed by atoms with E-state index in [9.17, 15) is 4.79 Å². The second-order valence-corrected chi connectivity index (χ2v) is 6.18. The van der Waals surface area contributed by atoms with Gasteiger partial charge in [0.15, 0.2) is 0 Å². The van der Waals surface area contributed by atoms with Crippen LogP contribution in [0.3, 0.4) is 0 Å². The lowest BCUT2D eigenvalue weighted by atomic mass is 10.1. The first-order valence-electron chi connectivity index (χ1n) is 8.08. The van der Waals surface area contributed by atoms with Crippen molar-refractivity contribution in [3.8, 4) is 0 Å². The van der Waals surface area contributed by atoms with E-state index in [1.165, 1.54) is 7.11 Å². The second-order valence-electron chi connectivity index (χ2n) is 5.80. The number of ether oxygens (including phenoxy) is 1. The fourth-order valence-electron chi connectivity index (χ4n) is 3.02. The van der Waals surface area contributed by atoms with Crippen LogP contribution >= 0.6 is 11.6 Å². The minimum Gasteiger partial charge on any atom is -0.465 e. The smallest absolute Gasteiger partial charge is 0.337 e. The number of benzene rings is 2. The molecule has 2 aromatic carbocycles. The Balaban J connectivity index is 2.00. The number of nitrogens with zero attached hydrogens (tertiary/aromatic N) is 1. The largest absolute Gasteiger partial charge is 0.465 e. The minimum absolute atomic E-state index is 0.317. The molecule has 3 nitrogen and oxygen atoms in total. The van der Waals surface area contributed by atoms with Gasteiger partial charge in [0.2, 0.25) is 0 Å². The fraction of sp³-hybridized carbons (Fsp3) is 0.250. The minimum atomic E-state index is -0.317. The highest BCUT2D eigenvalue weighted by Gasteiger charge is 2.15. The second kappa shape index (κ2) is 7.10. The molecule has 0 N–H and O–H groups in total. The maximum absolute atomic E-state index is 11.6. The number of aromatic nitrogens is 1. The SMILES string of the molecule is CCCc1c(Cl)c2ccccc2n1Cc1ccc(C(=O)OC)cc1. The molecule has 4 heteroatoms. The van der Waals surface area contributed by atoms with Crippen LogP contribution in [-0.4, -0.2) is 17.6 Å². The zero-order valence-electron chi connectivity index (χ0n) is 13.9. The summed E-state index contributed by atoms with van der Waals surface area (Å²) >= 11 is 6.61. The molecule has 24 heavy (non-hydrogen) atoms. The van der Waals surface area contributed by atoms with Crippen molar-refractivity contribution in [1.29, 1.82) is 0 Å². The van der Waals surface area contributed by atoms with Crippen molar-refractivity contribution >= 4 is 28.5 Å². The van der Waals surface area contributed by atoms with Crippen LogP contribution in [0.2, 0.25) is 5.02 Å². The Morgan fingerprint density at radius 3 is 2.50 bits per heavy atom. The van der Waals surface area contributed by atoms with E-state index in [1.807, 2.05) is 24.3 Å². The molecule has 3 rings (SSSR count). The van der Waals surface area contributed by atoms with E-state index in [1.54, 1.807) is 12.1 Å². The Bertz CT molecular complexity index is 865. The zero-order valence-corrected chi connectivity index (χ0v) is 14.6. The summed E-state index contributed by atoms with van der Waals surface area (Å²) in [4.78, 5) is 11.6. The van der Waals surface area contributed by atoms with Crippen LogP contribution in [0.25, 0.3) is 10.9 Å². The lowest BCUT2D eigenvalue weighted by Gasteiger charge is -2.11. The van der Waals surface area contributed by atoms with E-state index in [-0.39, 0.29) is 5.97 Å². The van der Waals surface area contributed by atoms with Crippen molar-refractivity contribution in [2.45, 2.75) is 26.3 Å². The molecule has 0 fully saturated rings. The maximum atomic E-state index is 11.6. The number of halogens is 1. The Morgan fingerprint density at radius 1 is 1.12 bits per heavy atom. The number of carbonyl (C=O) groups is 1. The highest BCUT2D eigenvalue weighted by atomic mass is 35.5. The molecular weight excluding hydrogens is 322 g/mol. The van der Waals surface area contributed by atoms with E-state index in [0.717, 1.165) is 46.6 Å². The first-order valence-corrected chi connectivity index (χ1v) is 8.46. The molecule has 0 radical (unpaired) electrons. The first-order chi connectivity index (χ1) is 11.7. The van der Waals surface area contributed by atoms with E-state index < -0.39 is 0 Å². The van der Waals surface area contributed by atoms with Crippen LogP contribution in [0.5, 0.6) is 0 Å². The molecule has 0 bridgehead atoms. The maximum Gasteiger partial charge on any atom is 0.337 e. The molecule has 0 aliphatic rings. The van der Waals surface area contributed by atoms with E-state index >= 15 is 0 Å². The Kier molecular flexibility index (Phi) is 4.91. The van der Waals surface area contributed by atoms with Gasteiger partial charge in [-0.15, -0.1) is 0 Å². The number of rotatable bonds is 5. The van der Waals surface area contributed by atoms with Crippen LogP contribution in [0, 0.1) is 0 Å². The first kappa shape index (κ1) is 16.6. The van der Waals surface area contributed by atoms with Gasteiger partial charge in [-0.3, -0.25) is 0 Å². The average Bonchev–Trinajstić information content (AvgIpc) is 2.88. The van der Waals surface area contributed by atoms with Gasteiger partial charge >= 0.3 is 5.97 Å². The lowest BCUT2D eigenvalue weighted by Crippen LogP contribution is -2.06. The molecule has 0 saturated heterocycles. The summed E-state index contributed by atoms with van der Waals surface area (Å²) in [5.41, 5.74) is 3.99. The molecule has 0 aliphatic heterocycles. The normalized spacial score (nSPS) is 11.0. The molecule has 124 valence electrons. The third-order valence-corrected chi connectivity index (χ3v) is 4.63. The number of methoxy groups -OCH3 is 1. The van der Waals surface area contributed by atoms with Gasteiger partial charge in [-0.25, -0.2) is 4.79 Å². The molecular formula is C20H20ClNO2. The van der Waals surface area contributed by atoms with Crippen molar-refractivity contribution < 1.29 is 9.53 Å². The molecule has 1 aromatic heterocycles. The van der Waals surface area contributed by atoms with Crippen molar-refractivity contribution in [1.82, 2.24) is 4.57 Å². The van der Waals surface area contributed by atoms with Gasteiger partial charge in [-0.05, 0) is 30.2 Å². The molecule has 0 amide bonds. The lowest BCUT2D eigenvalue weighted by molar-refractivity contribution is 0.0600. The van der Waals surface area contributed by atoms with Gasteiger partial charge in [-0.1, -0.05) is 55.3 Å². The fourth-order valence-corrected chi connectivity index (χ4v) is 3.38. The number of carbonyl (C=O) groups excluding carboxylic acids is 1. The molecule has 0 unspecified atom stereocenters. The van der Waals surface area contributed by atoms with E-state index in [2.05, 4.69) is 23.6 Å². The van der Waals surface area contributed by atoms with Crippen LogP contribution in [0.15, 0.2) is 48.5 Å². The Morgan fingerprint density at radius 2 is 1.83 bits per heavy atom. The Hall–Kier alpha value is -2.26. The average molecular weight is 342 g/mol. The molecule has 0 saturated carbocycles. The highest BCUT2D eigenvalue weighted by Crippen LogP contribution is 2.32. The van der Waals surface area contributed by atoms with Gasteiger partial charge in [0, 0.05) is 17.6 Å². The summed E-state index contributed by atoms with van der Waals surface area (Å²) < 4.78 is 7.02. The predicted octanol–water partition coefficient (Wildman–Crippen LogP) is 5.08. The Labute approximate surface area is 146 Å². The van der Waals surface area contributed by atoms with Gasteiger partial charge in [0.25, 0.3) is 0 Å². The van der Waals surface area contributed by atoms with Crippen molar-refractivity contribution in [2.24, 2.45) is 0 Å². The van der Waals surface area contributed by atoms with Gasteiger partial charge in [0.05, 0.1) is 23.2 Å². The van der Waals surface area contributed by atoms with Crippen molar-refractivity contribution in [2.75, 3.05) is 7.11 Å². The molecule has 1 heterocycles. The number of fused-ring (bicyclic) bond motifs is 1. The van der Waals surface area contributed by atoms with Crippen molar-refractivity contribution in [3.63, 3.8) is 0 Å². The molecule has 0 atom stereocenters. The summed E-state index contributed by atoms with van der Waals surface area (Å²) in [6.07, 6.45) is 1.98. The molecule has 3 aromatic rings. The third-order valence-electron chi connectivity index (χ3n) is 4.21. The van der Waals surface area contributed by atoms with Crippen LogP contribution in [0.4, 0.5) is 0 Å². The van der Waals surface area contributed by atoms with Crippen LogP contribution in [0.1, 0.15) is 35.0 Å². The number of para-hydroxylation sites is 1. The quantitative estimate of drug-likeness (QED) is 0.606. The summed E-state index contributed by atoms with van der Waals surface area (Å²) in [5.74, 6) is -0.317. The standard InChI is InChI=1S/C20H20ClNO2/c1-3-6-18-19(21)16-7-4-5-8-17(16)22(18)13-14-9-11-15(12-10-14)20(23)24-2/h4-5,7-12H,3,6,13H2,1-2H3. The van der Waals surface area contributed by atoms with Gasteiger partial charge < -0.3 is 9.30 Å². The van der Waals surface area contributed by atoms with E-state index in [0.29, 0.717) is 5.56 Å². The number of esters is 1. The number of hydrogen-bond donors (Lipinski definition) is 0. The monoisotopic (exact) mass is 341 g/mol. The van der Waals surface area contributed by atoms with Crippen molar-refractivity contribution in [3.05, 3.63) is 70.4 Å². The number of hydrogen-bond acceptors (Lipinski definition) is 2. The van der Waals surface area contributed by atoms with E-state index in [4.69, 9.17) is 16.3 Å². The highest BCUT2D eigenvalue weighted by molar-refractivity contribution is 6.36. The topological polar surface area (TPSA) is 31.2 Å². The predicted molar refractivity (Wildman–Crippen MR) is 97.8 cm³/mol. The van der Waals surface area contributed by atoms with Crippen LogP contribution in [-0.2, 0) is 17.7 Å². The van der Waals surface area contributed by atoms with Gasteiger partial charge in [-0.2, -0.15) is 0 Å². The molecule has 0 spiro atoms. The summed E-state index contributed by atoms with van der Waals surface area (Å²) in [5, 5.41) is 1.94. The third kappa shape index (κ3) is 3.04. The summed E-state index contributed by atoms with van der Waals surface area (Å²) in [6, 6.07) is 15.7. The summed E-state index contributed by atoms with van der Waals surface area (Å²) in [7, 11) is 1.39.